The summed E-state index contributed by atoms with van der Waals surface area (Å²) < 4.78 is 5.39. The van der Waals surface area contributed by atoms with E-state index in [9.17, 15) is 4.79 Å². The summed E-state index contributed by atoms with van der Waals surface area (Å²) in [4.78, 5) is 11.3. The number of anilines is 1. The number of carbonyl (C=O) groups is 1. The van der Waals surface area contributed by atoms with Gasteiger partial charge < -0.3 is 15.2 Å². The van der Waals surface area contributed by atoms with Crippen LogP contribution in [0.3, 0.4) is 0 Å². The fraction of sp³-hybridized carbons (Fsp3) is 0.300. The van der Waals surface area contributed by atoms with E-state index in [2.05, 4.69) is 5.32 Å². The Kier molecular flexibility index (Phi) is 2.13. The number of aliphatic hydroxyl groups is 1. The Morgan fingerprint density at radius 1 is 1.57 bits per heavy atom. The maximum absolute atomic E-state index is 11.3. The quantitative estimate of drug-likeness (QED) is 0.696. The molecule has 1 aromatic rings. The van der Waals surface area contributed by atoms with Crippen molar-refractivity contribution in [3.8, 4) is 5.75 Å². The lowest BCUT2D eigenvalue weighted by Gasteiger charge is -2.24. The largest absolute Gasteiger partial charge is 0.478 e. The van der Waals surface area contributed by atoms with Crippen LogP contribution >= 0.6 is 0 Å². The molecule has 0 bridgehead atoms. The first-order valence-corrected chi connectivity index (χ1v) is 4.42. The molecule has 1 aliphatic rings. The predicted molar refractivity (Wildman–Crippen MR) is 51.1 cm³/mol. The highest BCUT2D eigenvalue weighted by Crippen LogP contribution is 2.32. The van der Waals surface area contributed by atoms with E-state index in [4.69, 9.17) is 9.84 Å². The first kappa shape index (κ1) is 9.02. The summed E-state index contributed by atoms with van der Waals surface area (Å²) in [7, 11) is 0. The molecule has 0 saturated heterocycles. The van der Waals surface area contributed by atoms with Crippen molar-refractivity contribution in [3.05, 3.63) is 23.8 Å². The van der Waals surface area contributed by atoms with Gasteiger partial charge in [0.2, 0.25) is 0 Å². The van der Waals surface area contributed by atoms with Crippen LogP contribution in [0.5, 0.6) is 5.75 Å². The second-order valence-corrected chi connectivity index (χ2v) is 3.20. The van der Waals surface area contributed by atoms with Crippen molar-refractivity contribution in [1.82, 2.24) is 0 Å². The molecular weight excluding hydrogens is 182 g/mol. The van der Waals surface area contributed by atoms with Crippen LogP contribution in [0.4, 0.5) is 5.69 Å². The summed E-state index contributed by atoms with van der Waals surface area (Å²) in [6.07, 6.45) is -0.504. The molecule has 0 saturated carbocycles. The van der Waals surface area contributed by atoms with Crippen LogP contribution in [0.2, 0.25) is 0 Å². The molecule has 0 radical (unpaired) electrons. The number of amides is 1. The SMILES string of the molecule is CC1Oc2c(CO)cccc2NC1=O. The average molecular weight is 193 g/mol. The highest BCUT2D eigenvalue weighted by molar-refractivity contribution is 5.97. The Bertz CT molecular complexity index is 376. The van der Waals surface area contributed by atoms with E-state index in [1.165, 1.54) is 0 Å². The molecule has 0 fully saturated rings. The third kappa shape index (κ3) is 1.33. The minimum atomic E-state index is -0.504. The average Bonchev–Trinajstić information content (AvgIpc) is 2.19. The molecule has 1 aliphatic heterocycles. The zero-order valence-electron chi connectivity index (χ0n) is 7.78. The second kappa shape index (κ2) is 3.31. The van der Waals surface area contributed by atoms with E-state index >= 15 is 0 Å². The normalized spacial score (nSPS) is 19.6. The zero-order valence-corrected chi connectivity index (χ0v) is 7.78. The molecule has 0 spiro atoms. The Balaban J connectivity index is 2.46. The van der Waals surface area contributed by atoms with Gasteiger partial charge in [-0.2, -0.15) is 0 Å². The number of carbonyl (C=O) groups excluding carboxylic acids is 1. The van der Waals surface area contributed by atoms with Crippen LogP contribution in [0, 0.1) is 0 Å². The molecule has 0 aromatic heterocycles. The molecule has 1 amide bonds. The van der Waals surface area contributed by atoms with Gasteiger partial charge in [0.1, 0.15) is 5.75 Å². The van der Waals surface area contributed by atoms with Gasteiger partial charge in [-0.05, 0) is 13.0 Å². The maximum Gasteiger partial charge on any atom is 0.265 e. The predicted octanol–water partition coefficient (Wildman–Crippen LogP) is 0.898. The van der Waals surface area contributed by atoms with Gasteiger partial charge >= 0.3 is 0 Å². The fourth-order valence-electron chi connectivity index (χ4n) is 1.41. The van der Waals surface area contributed by atoms with Gasteiger partial charge in [-0.1, -0.05) is 12.1 Å². The topological polar surface area (TPSA) is 58.6 Å². The molecule has 4 heteroatoms. The molecule has 1 atom stereocenters. The fourth-order valence-corrected chi connectivity index (χ4v) is 1.41. The van der Waals surface area contributed by atoms with E-state index in [0.29, 0.717) is 17.0 Å². The van der Waals surface area contributed by atoms with Gasteiger partial charge in [-0.15, -0.1) is 0 Å². The van der Waals surface area contributed by atoms with Gasteiger partial charge in [-0.3, -0.25) is 4.79 Å². The lowest BCUT2D eigenvalue weighted by atomic mass is 10.1. The Morgan fingerprint density at radius 3 is 3.07 bits per heavy atom. The molecule has 74 valence electrons. The lowest BCUT2D eigenvalue weighted by molar-refractivity contribution is -0.122. The number of para-hydroxylation sites is 1. The molecular formula is C10H11NO3. The number of rotatable bonds is 1. The van der Waals surface area contributed by atoms with Crippen LogP contribution in [-0.2, 0) is 11.4 Å². The number of hydrogen-bond acceptors (Lipinski definition) is 3. The molecule has 1 heterocycles. The van der Waals surface area contributed by atoms with Gasteiger partial charge in [0, 0.05) is 5.56 Å². The van der Waals surface area contributed by atoms with Gasteiger partial charge in [-0.25, -0.2) is 0 Å². The standard InChI is InChI=1S/C10H11NO3/c1-6-10(13)11-8-4-2-3-7(5-12)9(8)14-6/h2-4,6,12H,5H2,1H3,(H,11,13). The Labute approximate surface area is 81.5 Å². The molecule has 2 rings (SSSR count). The first-order valence-electron chi connectivity index (χ1n) is 4.42. The van der Waals surface area contributed by atoms with Crippen LogP contribution in [-0.4, -0.2) is 17.1 Å². The lowest BCUT2D eigenvalue weighted by Crippen LogP contribution is -2.34. The van der Waals surface area contributed by atoms with Crippen LogP contribution in [0.1, 0.15) is 12.5 Å². The number of nitrogens with one attached hydrogen (secondary N) is 1. The first-order chi connectivity index (χ1) is 6.72. The summed E-state index contributed by atoms with van der Waals surface area (Å²) >= 11 is 0. The molecule has 14 heavy (non-hydrogen) atoms. The van der Waals surface area contributed by atoms with Crippen LogP contribution in [0.25, 0.3) is 0 Å². The van der Waals surface area contributed by atoms with Crippen molar-refractivity contribution in [3.63, 3.8) is 0 Å². The third-order valence-electron chi connectivity index (χ3n) is 2.19. The highest BCUT2D eigenvalue weighted by Gasteiger charge is 2.24. The number of fused-ring (bicyclic) bond motifs is 1. The number of hydrogen-bond donors (Lipinski definition) is 2. The van der Waals surface area contributed by atoms with Crippen molar-refractivity contribution < 1.29 is 14.6 Å². The minimum Gasteiger partial charge on any atom is -0.478 e. The van der Waals surface area contributed by atoms with E-state index in [1.807, 2.05) is 0 Å². The van der Waals surface area contributed by atoms with Crippen molar-refractivity contribution in [2.45, 2.75) is 19.6 Å². The summed E-state index contributed by atoms with van der Waals surface area (Å²) in [6, 6.07) is 5.28. The molecule has 1 aromatic carbocycles. The smallest absolute Gasteiger partial charge is 0.265 e. The van der Waals surface area contributed by atoms with Crippen molar-refractivity contribution >= 4 is 11.6 Å². The monoisotopic (exact) mass is 193 g/mol. The van der Waals surface area contributed by atoms with E-state index < -0.39 is 6.10 Å². The van der Waals surface area contributed by atoms with Gasteiger partial charge in [0.05, 0.1) is 12.3 Å². The van der Waals surface area contributed by atoms with E-state index in [0.717, 1.165) is 0 Å². The Morgan fingerprint density at radius 2 is 2.36 bits per heavy atom. The second-order valence-electron chi connectivity index (χ2n) is 3.20. The number of benzene rings is 1. The molecule has 1 unspecified atom stereocenters. The molecule has 0 aliphatic carbocycles. The zero-order chi connectivity index (χ0) is 10.1. The molecule has 2 N–H and O–H groups in total. The van der Waals surface area contributed by atoms with E-state index in [1.54, 1.807) is 25.1 Å². The molecule has 4 nitrogen and oxygen atoms in total. The number of ether oxygens (including phenoxy) is 1. The van der Waals surface area contributed by atoms with Crippen molar-refractivity contribution in [2.75, 3.05) is 5.32 Å². The Hall–Kier alpha value is -1.55. The summed E-state index contributed by atoms with van der Waals surface area (Å²) in [5.74, 6) is 0.412. The highest BCUT2D eigenvalue weighted by atomic mass is 16.5. The maximum atomic E-state index is 11.3. The summed E-state index contributed by atoms with van der Waals surface area (Å²) in [5, 5.41) is 11.8. The van der Waals surface area contributed by atoms with Crippen LogP contribution in [0.15, 0.2) is 18.2 Å². The van der Waals surface area contributed by atoms with Crippen molar-refractivity contribution in [2.24, 2.45) is 0 Å². The van der Waals surface area contributed by atoms with Crippen LogP contribution < -0.4 is 10.1 Å². The van der Waals surface area contributed by atoms with Gasteiger partial charge in [0.25, 0.3) is 5.91 Å². The third-order valence-corrected chi connectivity index (χ3v) is 2.19. The summed E-state index contributed by atoms with van der Waals surface area (Å²) in [5.41, 5.74) is 1.31. The van der Waals surface area contributed by atoms with Crippen molar-refractivity contribution in [1.29, 1.82) is 0 Å². The van der Waals surface area contributed by atoms with E-state index in [-0.39, 0.29) is 12.5 Å². The minimum absolute atomic E-state index is 0.0915. The van der Waals surface area contributed by atoms with Gasteiger partial charge in [0.15, 0.2) is 6.10 Å². The summed E-state index contributed by atoms with van der Waals surface area (Å²) in [6.45, 7) is 1.58. The number of aliphatic hydroxyl groups excluding tert-OH is 1.